The highest BCUT2D eigenvalue weighted by Crippen LogP contribution is 2.13. The van der Waals surface area contributed by atoms with Gasteiger partial charge in [0.15, 0.2) is 0 Å². The van der Waals surface area contributed by atoms with Gasteiger partial charge in [0.05, 0.1) is 0 Å². The molecule has 7 heteroatoms. The second-order valence-electron chi connectivity index (χ2n) is 5.94. The summed E-state index contributed by atoms with van der Waals surface area (Å²) in [5.41, 5.74) is 1.31. The number of hydrogen-bond acceptors (Lipinski definition) is 3. The number of nitrogens with zero attached hydrogens (tertiary/aromatic N) is 1. The zero-order chi connectivity index (χ0) is 16.1. The minimum atomic E-state index is -0.245. The molecule has 0 aromatic heterocycles. The van der Waals surface area contributed by atoms with Gasteiger partial charge in [-0.25, -0.2) is 4.79 Å². The summed E-state index contributed by atoms with van der Waals surface area (Å²) in [4.78, 5) is 25.9. The SMILES string of the molecule is CC(C)NC(=O)Nc1ccc(C(=O)N2CCNC(C)C2)cc1.Cl. The zero-order valence-electron chi connectivity index (χ0n) is 13.8. The number of amides is 3. The molecule has 1 aromatic rings. The Balaban J connectivity index is 0.00000264. The first-order valence-electron chi connectivity index (χ1n) is 7.66. The van der Waals surface area contributed by atoms with Crippen LogP contribution in [0.15, 0.2) is 24.3 Å². The van der Waals surface area contributed by atoms with Crippen molar-refractivity contribution in [3.63, 3.8) is 0 Å². The Hall–Kier alpha value is -1.79. The van der Waals surface area contributed by atoms with E-state index in [0.29, 0.717) is 17.3 Å². The number of anilines is 1. The molecule has 1 saturated heterocycles. The fraction of sp³-hybridized carbons (Fsp3) is 0.500. The van der Waals surface area contributed by atoms with Gasteiger partial charge in [-0.2, -0.15) is 0 Å². The molecule has 1 unspecified atom stereocenters. The van der Waals surface area contributed by atoms with E-state index in [1.165, 1.54) is 0 Å². The molecule has 0 radical (unpaired) electrons. The highest BCUT2D eigenvalue weighted by molar-refractivity contribution is 5.95. The van der Waals surface area contributed by atoms with Crippen LogP contribution in [0.5, 0.6) is 0 Å². The third-order valence-corrected chi connectivity index (χ3v) is 3.47. The standard InChI is InChI=1S/C16H24N4O2.ClH/c1-11(2)18-16(22)19-14-6-4-13(5-7-14)15(21)20-9-8-17-12(3)10-20;/h4-7,11-12,17H,8-10H2,1-3H3,(H2,18,19,22);1H. The van der Waals surface area contributed by atoms with Crippen molar-refractivity contribution in [1.82, 2.24) is 15.5 Å². The lowest BCUT2D eigenvalue weighted by Crippen LogP contribution is -2.51. The second-order valence-corrected chi connectivity index (χ2v) is 5.94. The lowest BCUT2D eigenvalue weighted by molar-refractivity contribution is 0.0709. The summed E-state index contributed by atoms with van der Waals surface area (Å²) in [7, 11) is 0. The molecule has 0 saturated carbocycles. The fourth-order valence-electron chi connectivity index (χ4n) is 2.42. The Bertz CT molecular complexity index is 533. The second kappa shape index (κ2) is 8.74. The molecule has 0 spiro atoms. The molecule has 3 N–H and O–H groups in total. The molecular formula is C16H25ClN4O2. The first kappa shape index (κ1) is 19.3. The maximum Gasteiger partial charge on any atom is 0.319 e. The average Bonchev–Trinajstić information content (AvgIpc) is 2.46. The van der Waals surface area contributed by atoms with E-state index in [1.807, 2.05) is 18.7 Å². The number of rotatable bonds is 3. The van der Waals surface area contributed by atoms with Gasteiger partial charge in [-0.05, 0) is 45.0 Å². The number of carbonyl (C=O) groups is 2. The van der Waals surface area contributed by atoms with Crippen molar-refractivity contribution in [3.05, 3.63) is 29.8 Å². The van der Waals surface area contributed by atoms with Crippen molar-refractivity contribution in [2.75, 3.05) is 25.0 Å². The van der Waals surface area contributed by atoms with Crippen LogP contribution in [0, 0.1) is 0 Å². The van der Waals surface area contributed by atoms with Crippen LogP contribution in [-0.2, 0) is 0 Å². The summed E-state index contributed by atoms with van der Waals surface area (Å²) >= 11 is 0. The van der Waals surface area contributed by atoms with Crippen LogP contribution in [-0.4, -0.2) is 48.6 Å². The Morgan fingerprint density at radius 2 is 1.91 bits per heavy atom. The largest absolute Gasteiger partial charge is 0.336 e. The Labute approximate surface area is 143 Å². The third kappa shape index (κ3) is 5.73. The Morgan fingerprint density at radius 3 is 2.48 bits per heavy atom. The van der Waals surface area contributed by atoms with E-state index in [9.17, 15) is 9.59 Å². The van der Waals surface area contributed by atoms with Crippen molar-refractivity contribution < 1.29 is 9.59 Å². The molecule has 1 aliphatic heterocycles. The molecule has 2 rings (SSSR count). The first-order chi connectivity index (χ1) is 10.5. The maximum atomic E-state index is 12.4. The smallest absolute Gasteiger partial charge is 0.319 e. The van der Waals surface area contributed by atoms with Gasteiger partial charge in [0, 0.05) is 43.0 Å². The van der Waals surface area contributed by atoms with Crippen LogP contribution >= 0.6 is 12.4 Å². The van der Waals surface area contributed by atoms with E-state index < -0.39 is 0 Å². The van der Waals surface area contributed by atoms with E-state index in [2.05, 4.69) is 22.9 Å². The van der Waals surface area contributed by atoms with Crippen LogP contribution < -0.4 is 16.0 Å². The summed E-state index contributed by atoms with van der Waals surface area (Å²) in [6.45, 7) is 8.13. The summed E-state index contributed by atoms with van der Waals surface area (Å²) in [5.74, 6) is 0.0338. The van der Waals surface area contributed by atoms with E-state index in [-0.39, 0.29) is 30.4 Å². The minimum Gasteiger partial charge on any atom is -0.336 e. The average molecular weight is 341 g/mol. The first-order valence-corrected chi connectivity index (χ1v) is 7.66. The van der Waals surface area contributed by atoms with Crippen LogP contribution in [0.2, 0.25) is 0 Å². The minimum absolute atomic E-state index is 0. The number of hydrogen-bond donors (Lipinski definition) is 3. The highest BCUT2D eigenvalue weighted by Gasteiger charge is 2.21. The summed E-state index contributed by atoms with van der Waals surface area (Å²) in [6.07, 6.45) is 0. The Kier molecular flexibility index (Phi) is 7.32. The van der Waals surface area contributed by atoms with Crippen molar-refractivity contribution in [2.24, 2.45) is 0 Å². The van der Waals surface area contributed by atoms with E-state index in [4.69, 9.17) is 0 Å². The number of halogens is 1. The third-order valence-electron chi connectivity index (χ3n) is 3.47. The van der Waals surface area contributed by atoms with Crippen molar-refractivity contribution in [1.29, 1.82) is 0 Å². The molecule has 1 aliphatic rings. The number of urea groups is 1. The summed E-state index contributed by atoms with van der Waals surface area (Å²) in [5, 5.41) is 8.81. The molecule has 23 heavy (non-hydrogen) atoms. The van der Waals surface area contributed by atoms with E-state index >= 15 is 0 Å². The molecule has 3 amide bonds. The van der Waals surface area contributed by atoms with Crippen molar-refractivity contribution >= 4 is 30.0 Å². The molecule has 128 valence electrons. The van der Waals surface area contributed by atoms with Crippen LogP contribution in [0.25, 0.3) is 0 Å². The molecule has 1 fully saturated rings. The number of piperazine rings is 1. The van der Waals surface area contributed by atoms with Crippen LogP contribution in [0.1, 0.15) is 31.1 Å². The van der Waals surface area contributed by atoms with Gasteiger partial charge < -0.3 is 20.9 Å². The van der Waals surface area contributed by atoms with Crippen LogP contribution in [0.4, 0.5) is 10.5 Å². The van der Waals surface area contributed by atoms with Crippen LogP contribution in [0.3, 0.4) is 0 Å². The number of nitrogens with one attached hydrogen (secondary N) is 3. The monoisotopic (exact) mass is 340 g/mol. The predicted molar refractivity (Wildman–Crippen MR) is 94.3 cm³/mol. The maximum absolute atomic E-state index is 12.4. The van der Waals surface area contributed by atoms with E-state index in [0.717, 1.165) is 19.6 Å². The van der Waals surface area contributed by atoms with Gasteiger partial charge >= 0.3 is 6.03 Å². The lowest BCUT2D eigenvalue weighted by Gasteiger charge is -2.32. The predicted octanol–water partition coefficient (Wildman–Crippen LogP) is 2.07. The van der Waals surface area contributed by atoms with Gasteiger partial charge in [0.2, 0.25) is 0 Å². The fourth-order valence-corrected chi connectivity index (χ4v) is 2.42. The number of carbonyl (C=O) groups excluding carboxylic acids is 2. The zero-order valence-corrected chi connectivity index (χ0v) is 14.6. The molecule has 1 atom stereocenters. The van der Waals surface area contributed by atoms with E-state index in [1.54, 1.807) is 24.3 Å². The van der Waals surface area contributed by atoms with Gasteiger partial charge in [-0.15, -0.1) is 12.4 Å². The van der Waals surface area contributed by atoms with Gasteiger partial charge in [0.25, 0.3) is 5.91 Å². The molecule has 6 nitrogen and oxygen atoms in total. The Morgan fingerprint density at radius 1 is 1.26 bits per heavy atom. The van der Waals surface area contributed by atoms with Gasteiger partial charge in [-0.3, -0.25) is 4.79 Å². The molecule has 1 heterocycles. The number of benzene rings is 1. The molecule has 1 aromatic carbocycles. The van der Waals surface area contributed by atoms with Crippen molar-refractivity contribution in [3.8, 4) is 0 Å². The lowest BCUT2D eigenvalue weighted by atomic mass is 10.1. The highest BCUT2D eigenvalue weighted by atomic mass is 35.5. The van der Waals surface area contributed by atoms with Gasteiger partial charge in [-0.1, -0.05) is 0 Å². The van der Waals surface area contributed by atoms with Gasteiger partial charge in [0.1, 0.15) is 0 Å². The van der Waals surface area contributed by atoms with Crippen molar-refractivity contribution in [2.45, 2.75) is 32.9 Å². The summed E-state index contributed by atoms with van der Waals surface area (Å²) in [6, 6.07) is 7.15. The normalized spacial score (nSPS) is 17.4. The summed E-state index contributed by atoms with van der Waals surface area (Å²) < 4.78 is 0. The molecular weight excluding hydrogens is 316 g/mol. The molecule has 0 aliphatic carbocycles. The topological polar surface area (TPSA) is 73.5 Å². The quantitative estimate of drug-likeness (QED) is 0.788. The molecule has 0 bridgehead atoms.